The molecule has 0 aliphatic carbocycles. The second kappa shape index (κ2) is 6.02. The molecule has 0 unspecified atom stereocenters. The summed E-state index contributed by atoms with van der Waals surface area (Å²) in [7, 11) is 1.59. The van der Waals surface area contributed by atoms with Crippen molar-refractivity contribution in [3.05, 3.63) is 62.1 Å². The Balaban J connectivity index is 2.63. The van der Waals surface area contributed by atoms with Crippen molar-refractivity contribution < 1.29 is 9.53 Å². The van der Waals surface area contributed by atoms with Crippen molar-refractivity contribution in [3.63, 3.8) is 0 Å². The number of aryl methyl sites for hydroxylation is 4. The van der Waals surface area contributed by atoms with Crippen molar-refractivity contribution >= 4 is 21.7 Å². The molecule has 0 saturated heterocycles. The number of benzene rings is 2. The molecular weight excluding hydrogens is 328 g/mol. The molecule has 110 valence electrons. The van der Waals surface area contributed by atoms with Crippen LogP contribution < -0.4 is 4.74 Å². The molecule has 0 radical (unpaired) electrons. The lowest BCUT2D eigenvalue weighted by molar-refractivity contribution is 0.103. The predicted octanol–water partition coefficient (Wildman–Crippen LogP) is 4.92. The molecule has 3 heteroatoms. The Bertz CT molecular complexity index is 694. The Morgan fingerprint density at radius 2 is 1.52 bits per heavy atom. The molecular formula is C18H19BrO2. The maximum absolute atomic E-state index is 12.9. The third kappa shape index (κ3) is 3.03. The van der Waals surface area contributed by atoms with Gasteiger partial charge < -0.3 is 4.74 Å². The molecule has 2 rings (SSSR count). The van der Waals surface area contributed by atoms with Gasteiger partial charge >= 0.3 is 0 Å². The van der Waals surface area contributed by atoms with E-state index >= 15 is 0 Å². The fourth-order valence-electron chi connectivity index (χ4n) is 2.67. The second-order valence-electron chi connectivity index (χ2n) is 5.40. The van der Waals surface area contributed by atoms with Crippen molar-refractivity contribution in [2.75, 3.05) is 7.11 Å². The molecule has 0 bridgehead atoms. The van der Waals surface area contributed by atoms with E-state index in [0.717, 1.165) is 26.7 Å². The zero-order chi connectivity index (χ0) is 15.7. The minimum atomic E-state index is 0.00236. The molecule has 0 amide bonds. The first kappa shape index (κ1) is 15.8. The highest BCUT2D eigenvalue weighted by molar-refractivity contribution is 9.10. The van der Waals surface area contributed by atoms with Gasteiger partial charge in [0.05, 0.1) is 12.7 Å². The van der Waals surface area contributed by atoms with Crippen molar-refractivity contribution in [3.8, 4) is 5.75 Å². The lowest BCUT2D eigenvalue weighted by Gasteiger charge is -2.14. The Labute approximate surface area is 134 Å². The quantitative estimate of drug-likeness (QED) is 0.737. The summed E-state index contributed by atoms with van der Waals surface area (Å²) in [6.07, 6.45) is 0. The van der Waals surface area contributed by atoms with Crippen LogP contribution in [0.3, 0.4) is 0 Å². The van der Waals surface area contributed by atoms with Gasteiger partial charge in [0.2, 0.25) is 0 Å². The van der Waals surface area contributed by atoms with Gasteiger partial charge in [-0.2, -0.15) is 0 Å². The van der Waals surface area contributed by atoms with Gasteiger partial charge in [-0.25, -0.2) is 0 Å². The molecule has 0 N–H and O–H groups in total. The van der Waals surface area contributed by atoms with E-state index in [0.29, 0.717) is 11.3 Å². The van der Waals surface area contributed by atoms with E-state index in [1.54, 1.807) is 7.11 Å². The van der Waals surface area contributed by atoms with Gasteiger partial charge in [-0.1, -0.05) is 33.6 Å². The average Bonchev–Trinajstić information content (AvgIpc) is 2.39. The van der Waals surface area contributed by atoms with Gasteiger partial charge in [-0.15, -0.1) is 0 Å². The molecule has 0 aliphatic rings. The van der Waals surface area contributed by atoms with E-state index in [4.69, 9.17) is 4.74 Å². The number of carbonyl (C=O) groups is 1. The Kier molecular flexibility index (Phi) is 4.52. The Hall–Kier alpha value is -1.61. The van der Waals surface area contributed by atoms with Gasteiger partial charge in [0.15, 0.2) is 5.78 Å². The molecule has 0 heterocycles. The van der Waals surface area contributed by atoms with Gasteiger partial charge in [0.1, 0.15) is 5.75 Å². The van der Waals surface area contributed by atoms with Crippen molar-refractivity contribution in [1.29, 1.82) is 0 Å². The summed E-state index contributed by atoms with van der Waals surface area (Å²) >= 11 is 3.49. The molecule has 0 aromatic heterocycles. The van der Waals surface area contributed by atoms with Crippen LogP contribution in [-0.4, -0.2) is 12.9 Å². The summed E-state index contributed by atoms with van der Waals surface area (Å²) in [5.74, 6) is 0.614. The van der Waals surface area contributed by atoms with Gasteiger partial charge in [-0.05, 0) is 56.5 Å². The molecule has 0 spiro atoms. The number of rotatable bonds is 3. The Morgan fingerprint density at radius 3 is 2.05 bits per heavy atom. The van der Waals surface area contributed by atoms with Gasteiger partial charge in [0, 0.05) is 10.0 Å². The molecule has 2 aromatic carbocycles. The first-order valence-electron chi connectivity index (χ1n) is 6.81. The maximum atomic E-state index is 12.9. The smallest absolute Gasteiger partial charge is 0.197 e. The lowest BCUT2D eigenvalue weighted by Crippen LogP contribution is -2.09. The maximum Gasteiger partial charge on any atom is 0.197 e. The largest absolute Gasteiger partial charge is 0.496 e. The van der Waals surface area contributed by atoms with Crippen LogP contribution in [0.15, 0.2) is 28.7 Å². The number of hydrogen-bond acceptors (Lipinski definition) is 2. The van der Waals surface area contributed by atoms with Crippen LogP contribution in [0.5, 0.6) is 5.75 Å². The highest BCUT2D eigenvalue weighted by Crippen LogP contribution is 2.30. The molecule has 0 atom stereocenters. The summed E-state index contributed by atoms with van der Waals surface area (Å²) in [6, 6.07) is 7.80. The fourth-order valence-corrected chi connectivity index (χ4v) is 3.02. The molecule has 2 aromatic rings. The number of methoxy groups -OCH3 is 1. The standard InChI is InChI=1S/C18H19BrO2/c1-10-6-12(3)17(13(4)7-10)18(20)14-9-15(19)11(2)8-16(14)21-5/h6-9H,1-5H3. The van der Waals surface area contributed by atoms with E-state index in [1.165, 1.54) is 5.56 Å². The average molecular weight is 347 g/mol. The van der Waals surface area contributed by atoms with E-state index in [2.05, 4.69) is 15.9 Å². The second-order valence-corrected chi connectivity index (χ2v) is 6.26. The summed E-state index contributed by atoms with van der Waals surface area (Å²) in [4.78, 5) is 12.9. The van der Waals surface area contributed by atoms with Gasteiger partial charge in [0.25, 0.3) is 0 Å². The van der Waals surface area contributed by atoms with E-state index in [1.807, 2.05) is 52.0 Å². The lowest BCUT2D eigenvalue weighted by atomic mass is 9.92. The highest BCUT2D eigenvalue weighted by Gasteiger charge is 2.20. The summed E-state index contributed by atoms with van der Waals surface area (Å²) in [5, 5.41) is 0. The van der Waals surface area contributed by atoms with Crippen LogP contribution >= 0.6 is 15.9 Å². The summed E-state index contributed by atoms with van der Waals surface area (Å²) in [6.45, 7) is 7.96. The van der Waals surface area contributed by atoms with Crippen LogP contribution in [0.4, 0.5) is 0 Å². The van der Waals surface area contributed by atoms with Crippen LogP contribution in [0.1, 0.15) is 38.2 Å². The van der Waals surface area contributed by atoms with E-state index in [-0.39, 0.29) is 5.78 Å². The fraction of sp³-hybridized carbons (Fsp3) is 0.278. The SMILES string of the molecule is COc1cc(C)c(Br)cc1C(=O)c1c(C)cc(C)cc1C. The normalized spacial score (nSPS) is 10.6. The number of carbonyl (C=O) groups excluding carboxylic acids is 1. The third-order valence-electron chi connectivity index (χ3n) is 3.63. The zero-order valence-corrected chi connectivity index (χ0v) is 14.6. The predicted molar refractivity (Wildman–Crippen MR) is 89.5 cm³/mol. The van der Waals surface area contributed by atoms with E-state index < -0.39 is 0 Å². The van der Waals surface area contributed by atoms with Crippen molar-refractivity contribution in [1.82, 2.24) is 0 Å². The first-order chi connectivity index (χ1) is 9.85. The summed E-state index contributed by atoms with van der Waals surface area (Å²) in [5.41, 5.74) is 5.55. The van der Waals surface area contributed by atoms with Crippen LogP contribution in [-0.2, 0) is 0 Å². The van der Waals surface area contributed by atoms with E-state index in [9.17, 15) is 4.79 Å². The number of halogens is 1. The summed E-state index contributed by atoms with van der Waals surface area (Å²) < 4.78 is 6.30. The molecule has 21 heavy (non-hydrogen) atoms. The number of hydrogen-bond donors (Lipinski definition) is 0. The van der Waals surface area contributed by atoms with Gasteiger partial charge in [-0.3, -0.25) is 4.79 Å². The molecule has 0 saturated carbocycles. The zero-order valence-electron chi connectivity index (χ0n) is 13.0. The molecule has 0 aliphatic heterocycles. The van der Waals surface area contributed by atoms with Crippen LogP contribution in [0, 0.1) is 27.7 Å². The van der Waals surface area contributed by atoms with Crippen molar-refractivity contribution in [2.45, 2.75) is 27.7 Å². The minimum Gasteiger partial charge on any atom is -0.496 e. The van der Waals surface area contributed by atoms with Crippen LogP contribution in [0.25, 0.3) is 0 Å². The first-order valence-corrected chi connectivity index (χ1v) is 7.61. The monoisotopic (exact) mass is 346 g/mol. The molecule has 2 nitrogen and oxygen atoms in total. The highest BCUT2D eigenvalue weighted by atomic mass is 79.9. The number of ketones is 1. The third-order valence-corrected chi connectivity index (χ3v) is 4.48. The van der Waals surface area contributed by atoms with Crippen molar-refractivity contribution in [2.24, 2.45) is 0 Å². The minimum absolute atomic E-state index is 0.00236. The number of ether oxygens (including phenoxy) is 1. The van der Waals surface area contributed by atoms with Crippen LogP contribution in [0.2, 0.25) is 0 Å². The molecule has 0 fully saturated rings. The Morgan fingerprint density at radius 1 is 0.952 bits per heavy atom. The topological polar surface area (TPSA) is 26.3 Å².